The first-order valence-corrected chi connectivity index (χ1v) is 11.3. The third-order valence-electron chi connectivity index (χ3n) is 5.51. The number of halogens is 1. The molecule has 0 bridgehead atoms. The molecule has 8 heteroatoms. The predicted molar refractivity (Wildman–Crippen MR) is 120 cm³/mol. The van der Waals surface area contributed by atoms with Crippen LogP contribution in [0, 0.1) is 5.82 Å². The van der Waals surface area contributed by atoms with Gasteiger partial charge in [-0.1, -0.05) is 54.2 Å². The van der Waals surface area contributed by atoms with Gasteiger partial charge in [0.2, 0.25) is 5.91 Å². The fourth-order valence-electron chi connectivity index (χ4n) is 3.73. The fraction of sp³-hybridized carbons (Fsp3) is 0.348. The van der Waals surface area contributed by atoms with Gasteiger partial charge in [-0.25, -0.2) is 4.39 Å². The van der Waals surface area contributed by atoms with Crippen molar-refractivity contribution in [2.24, 2.45) is 7.05 Å². The molecule has 0 aliphatic carbocycles. The Morgan fingerprint density at radius 2 is 1.71 bits per heavy atom. The molecular weight excluding hydrogens is 413 g/mol. The van der Waals surface area contributed by atoms with Gasteiger partial charge in [-0.15, -0.1) is 10.2 Å². The van der Waals surface area contributed by atoms with E-state index in [0.717, 1.165) is 32.7 Å². The van der Waals surface area contributed by atoms with E-state index in [1.807, 2.05) is 17.9 Å². The summed E-state index contributed by atoms with van der Waals surface area (Å²) in [5.41, 5.74) is 1.69. The monoisotopic (exact) mass is 439 g/mol. The molecule has 1 aromatic heterocycles. The Balaban J connectivity index is 1.34. The molecule has 1 aliphatic rings. The van der Waals surface area contributed by atoms with Crippen LogP contribution in [0.25, 0.3) is 11.4 Å². The van der Waals surface area contributed by atoms with E-state index < -0.39 is 0 Å². The quantitative estimate of drug-likeness (QED) is 0.551. The van der Waals surface area contributed by atoms with Gasteiger partial charge in [-0.3, -0.25) is 9.69 Å². The smallest absolute Gasteiger partial charge is 0.235 e. The van der Waals surface area contributed by atoms with E-state index in [9.17, 15) is 9.18 Å². The second-order valence-corrected chi connectivity index (χ2v) is 9.00. The lowest BCUT2D eigenvalue weighted by Gasteiger charge is -2.35. The SMILES string of the molecule is CC(Sc1nnc(-c2ccccc2F)n1C)C(=O)N1CCN(Cc2ccccc2)CC1. The molecule has 1 aliphatic heterocycles. The second-order valence-electron chi connectivity index (χ2n) is 7.69. The van der Waals surface area contributed by atoms with Crippen LogP contribution in [0.4, 0.5) is 4.39 Å². The normalized spacial score (nSPS) is 15.8. The first-order valence-electron chi connectivity index (χ1n) is 10.4. The molecule has 0 N–H and O–H groups in total. The molecule has 2 heterocycles. The lowest BCUT2D eigenvalue weighted by atomic mass is 10.2. The molecular formula is C23H26FN5OS. The van der Waals surface area contributed by atoms with Crippen molar-refractivity contribution in [3.8, 4) is 11.4 Å². The van der Waals surface area contributed by atoms with Gasteiger partial charge in [0.25, 0.3) is 0 Å². The number of aromatic nitrogens is 3. The Morgan fingerprint density at radius 3 is 2.42 bits per heavy atom. The summed E-state index contributed by atoms with van der Waals surface area (Å²) < 4.78 is 15.9. The van der Waals surface area contributed by atoms with Gasteiger partial charge >= 0.3 is 0 Å². The van der Waals surface area contributed by atoms with Crippen molar-refractivity contribution in [2.45, 2.75) is 23.9 Å². The number of hydrogen-bond acceptors (Lipinski definition) is 5. The van der Waals surface area contributed by atoms with E-state index in [4.69, 9.17) is 0 Å². The van der Waals surface area contributed by atoms with Crippen molar-refractivity contribution in [3.05, 3.63) is 66.0 Å². The van der Waals surface area contributed by atoms with Crippen molar-refractivity contribution in [3.63, 3.8) is 0 Å². The first kappa shape index (κ1) is 21.5. The van der Waals surface area contributed by atoms with Crippen molar-refractivity contribution in [1.82, 2.24) is 24.6 Å². The van der Waals surface area contributed by atoms with Crippen LogP contribution in [-0.4, -0.2) is 61.9 Å². The highest BCUT2D eigenvalue weighted by atomic mass is 32.2. The number of carbonyl (C=O) groups excluding carboxylic acids is 1. The van der Waals surface area contributed by atoms with Crippen molar-refractivity contribution in [1.29, 1.82) is 0 Å². The molecule has 6 nitrogen and oxygen atoms in total. The topological polar surface area (TPSA) is 54.3 Å². The average molecular weight is 440 g/mol. The van der Waals surface area contributed by atoms with Crippen LogP contribution in [0.5, 0.6) is 0 Å². The zero-order chi connectivity index (χ0) is 21.8. The van der Waals surface area contributed by atoms with E-state index in [1.54, 1.807) is 29.8 Å². The third-order valence-corrected chi connectivity index (χ3v) is 6.63. The Labute approximate surface area is 186 Å². The van der Waals surface area contributed by atoms with Crippen molar-refractivity contribution in [2.75, 3.05) is 26.2 Å². The molecule has 3 aromatic rings. The summed E-state index contributed by atoms with van der Waals surface area (Å²) in [4.78, 5) is 17.3. The van der Waals surface area contributed by atoms with Gasteiger partial charge in [0, 0.05) is 39.8 Å². The van der Waals surface area contributed by atoms with Gasteiger partial charge in [-0.05, 0) is 24.6 Å². The number of carbonyl (C=O) groups is 1. The number of hydrogen-bond donors (Lipinski definition) is 0. The Hall–Kier alpha value is -2.71. The average Bonchev–Trinajstić information content (AvgIpc) is 3.14. The van der Waals surface area contributed by atoms with Crippen LogP contribution in [0.3, 0.4) is 0 Å². The third kappa shape index (κ3) is 4.97. The molecule has 1 amide bonds. The molecule has 0 spiro atoms. The molecule has 2 aromatic carbocycles. The first-order chi connectivity index (χ1) is 15.0. The molecule has 1 fully saturated rings. The Bertz CT molecular complexity index is 1030. The van der Waals surface area contributed by atoms with Crippen molar-refractivity contribution >= 4 is 17.7 Å². The molecule has 1 saturated heterocycles. The largest absolute Gasteiger partial charge is 0.339 e. The number of piperazine rings is 1. The van der Waals surface area contributed by atoms with Crippen molar-refractivity contribution < 1.29 is 9.18 Å². The van der Waals surface area contributed by atoms with Crippen LogP contribution >= 0.6 is 11.8 Å². The summed E-state index contributed by atoms with van der Waals surface area (Å²) in [5, 5.41) is 8.64. The maximum Gasteiger partial charge on any atom is 0.235 e. The molecule has 31 heavy (non-hydrogen) atoms. The Kier molecular flexibility index (Phi) is 6.67. The number of amides is 1. The maximum absolute atomic E-state index is 14.1. The van der Waals surface area contributed by atoms with Crippen LogP contribution in [0.2, 0.25) is 0 Å². The van der Waals surface area contributed by atoms with Gasteiger partial charge in [0.15, 0.2) is 11.0 Å². The van der Waals surface area contributed by atoms with Crippen LogP contribution < -0.4 is 0 Å². The summed E-state index contributed by atoms with van der Waals surface area (Å²) >= 11 is 1.36. The zero-order valence-electron chi connectivity index (χ0n) is 17.7. The van der Waals surface area contributed by atoms with E-state index in [0.29, 0.717) is 16.5 Å². The summed E-state index contributed by atoms with van der Waals surface area (Å²) in [6.45, 7) is 5.95. The highest BCUT2D eigenvalue weighted by Gasteiger charge is 2.27. The minimum Gasteiger partial charge on any atom is -0.339 e. The summed E-state index contributed by atoms with van der Waals surface area (Å²) in [6.07, 6.45) is 0. The lowest BCUT2D eigenvalue weighted by Crippen LogP contribution is -2.50. The highest BCUT2D eigenvalue weighted by Crippen LogP contribution is 2.28. The Morgan fingerprint density at radius 1 is 1.03 bits per heavy atom. The van der Waals surface area contributed by atoms with Gasteiger partial charge in [-0.2, -0.15) is 0 Å². The van der Waals surface area contributed by atoms with Gasteiger partial charge in [0.1, 0.15) is 5.82 Å². The highest BCUT2D eigenvalue weighted by molar-refractivity contribution is 8.00. The minimum atomic E-state index is -0.341. The van der Waals surface area contributed by atoms with E-state index >= 15 is 0 Å². The number of thioether (sulfide) groups is 1. The number of rotatable bonds is 6. The van der Waals surface area contributed by atoms with Crippen LogP contribution in [-0.2, 0) is 18.4 Å². The molecule has 0 saturated carbocycles. The molecule has 1 atom stereocenters. The fourth-order valence-corrected chi connectivity index (χ4v) is 4.63. The standard InChI is InChI=1S/C23H26FN5OS/c1-17(31-23-26-25-21(27(23)2)19-10-6-7-11-20(19)24)22(30)29-14-12-28(13-15-29)16-18-8-4-3-5-9-18/h3-11,17H,12-16H2,1-2H3. The van der Waals surface area contributed by atoms with E-state index in [2.05, 4.69) is 39.4 Å². The maximum atomic E-state index is 14.1. The second kappa shape index (κ2) is 9.62. The van der Waals surface area contributed by atoms with Gasteiger partial charge in [0.05, 0.1) is 10.8 Å². The minimum absolute atomic E-state index is 0.0970. The zero-order valence-corrected chi connectivity index (χ0v) is 18.6. The molecule has 4 rings (SSSR count). The molecule has 162 valence electrons. The lowest BCUT2D eigenvalue weighted by molar-refractivity contribution is -0.132. The number of benzene rings is 2. The predicted octanol–water partition coefficient (Wildman–Crippen LogP) is 3.45. The number of nitrogens with zero attached hydrogens (tertiary/aromatic N) is 5. The summed E-state index contributed by atoms with van der Waals surface area (Å²) in [7, 11) is 1.80. The summed E-state index contributed by atoms with van der Waals surface area (Å²) in [6, 6.07) is 16.9. The molecule has 1 unspecified atom stereocenters. The van der Waals surface area contributed by atoms with E-state index in [1.165, 1.54) is 23.4 Å². The summed E-state index contributed by atoms with van der Waals surface area (Å²) in [5.74, 6) is 0.210. The van der Waals surface area contributed by atoms with Crippen LogP contribution in [0.1, 0.15) is 12.5 Å². The van der Waals surface area contributed by atoms with Crippen LogP contribution in [0.15, 0.2) is 59.8 Å². The van der Waals surface area contributed by atoms with Gasteiger partial charge < -0.3 is 9.47 Å². The van der Waals surface area contributed by atoms with E-state index in [-0.39, 0.29) is 17.0 Å². The molecule has 0 radical (unpaired) electrons.